The molecule has 1 aliphatic rings. The standard InChI is InChI=1S/C14H21FN2O/c1-11-10-17(8-7-16-11)12-5-4-6-13(9-12)18-14(2,3)15/h4-6,9,11,16H,7-8,10H2,1-3H3. The van der Waals surface area contributed by atoms with Gasteiger partial charge in [-0.1, -0.05) is 6.07 Å². The summed E-state index contributed by atoms with van der Waals surface area (Å²) in [5.41, 5.74) is 1.09. The maximum Gasteiger partial charge on any atom is 0.242 e. The maximum absolute atomic E-state index is 13.5. The number of alkyl halides is 1. The molecule has 0 radical (unpaired) electrons. The van der Waals surface area contributed by atoms with E-state index < -0.39 is 5.85 Å². The molecule has 1 aromatic carbocycles. The number of hydrogen-bond donors (Lipinski definition) is 1. The molecule has 1 saturated heterocycles. The molecule has 0 spiro atoms. The highest BCUT2D eigenvalue weighted by atomic mass is 19.2. The molecule has 100 valence electrons. The minimum absolute atomic E-state index is 0.473. The SMILES string of the molecule is CC1CN(c2cccc(OC(C)(C)F)c2)CCN1. The third-order valence-corrected chi connectivity index (χ3v) is 2.91. The van der Waals surface area contributed by atoms with Crippen LogP contribution in [0, 0.1) is 0 Å². The van der Waals surface area contributed by atoms with Crippen LogP contribution < -0.4 is 15.0 Å². The van der Waals surface area contributed by atoms with Crippen LogP contribution in [0.2, 0.25) is 0 Å². The van der Waals surface area contributed by atoms with Crippen molar-refractivity contribution in [1.82, 2.24) is 5.32 Å². The van der Waals surface area contributed by atoms with Crippen molar-refractivity contribution in [2.24, 2.45) is 0 Å². The quantitative estimate of drug-likeness (QED) is 0.895. The Balaban J connectivity index is 2.11. The third kappa shape index (κ3) is 3.60. The molecule has 1 N–H and O–H groups in total. The highest BCUT2D eigenvalue weighted by molar-refractivity contribution is 5.51. The number of ether oxygens (including phenoxy) is 1. The molecule has 0 aliphatic carbocycles. The summed E-state index contributed by atoms with van der Waals surface area (Å²) < 4.78 is 18.7. The zero-order chi connectivity index (χ0) is 13.2. The largest absolute Gasteiger partial charge is 0.458 e. The normalized spacial score (nSPS) is 20.9. The predicted molar refractivity (Wildman–Crippen MR) is 71.9 cm³/mol. The summed E-state index contributed by atoms with van der Waals surface area (Å²) in [7, 11) is 0. The van der Waals surface area contributed by atoms with E-state index in [2.05, 4.69) is 17.1 Å². The van der Waals surface area contributed by atoms with Crippen LogP contribution >= 0.6 is 0 Å². The van der Waals surface area contributed by atoms with Crippen LogP contribution in [-0.2, 0) is 0 Å². The fourth-order valence-electron chi connectivity index (χ4n) is 2.19. The molecule has 0 amide bonds. The molecule has 0 aromatic heterocycles. The van der Waals surface area contributed by atoms with Gasteiger partial charge in [0.05, 0.1) is 0 Å². The third-order valence-electron chi connectivity index (χ3n) is 2.91. The first kappa shape index (κ1) is 13.1. The van der Waals surface area contributed by atoms with E-state index in [1.807, 2.05) is 18.2 Å². The van der Waals surface area contributed by atoms with Gasteiger partial charge in [0.15, 0.2) is 0 Å². The molecule has 0 bridgehead atoms. The number of benzene rings is 1. The topological polar surface area (TPSA) is 24.5 Å². The number of piperazine rings is 1. The van der Waals surface area contributed by atoms with Gasteiger partial charge in [-0.3, -0.25) is 0 Å². The number of anilines is 1. The molecule has 3 nitrogen and oxygen atoms in total. The van der Waals surface area contributed by atoms with Gasteiger partial charge in [0.1, 0.15) is 5.75 Å². The summed E-state index contributed by atoms with van der Waals surface area (Å²) in [4.78, 5) is 2.29. The summed E-state index contributed by atoms with van der Waals surface area (Å²) in [6.45, 7) is 7.88. The monoisotopic (exact) mass is 252 g/mol. The Labute approximate surface area is 108 Å². The van der Waals surface area contributed by atoms with E-state index in [1.54, 1.807) is 6.07 Å². The van der Waals surface area contributed by atoms with Crippen LogP contribution in [0.15, 0.2) is 24.3 Å². The van der Waals surface area contributed by atoms with E-state index in [9.17, 15) is 4.39 Å². The molecule has 1 fully saturated rings. The van der Waals surface area contributed by atoms with Gasteiger partial charge in [-0.2, -0.15) is 4.39 Å². The first-order valence-electron chi connectivity index (χ1n) is 6.40. The van der Waals surface area contributed by atoms with Crippen molar-refractivity contribution in [2.75, 3.05) is 24.5 Å². The van der Waals surface area contributed by atoms with Gasteiger partial charge in [0, 0.05) is 51.3 Å². The van der Waals surface area contributed by atoms with E-state index in [-0.39, 0.29) is 0 Å². The zero-order valence-electron chi connectivity index (χ0n) is 11.2. The molecule has 4 heteroatoms. The summed E-state index contributed by atoms with van der Waals surface area (Å²) in [6.07, 6.45) is 0. The predicted octanol–water partition coefficient (Wildman–Crippen LogP) is 2.57. The Kier molecular flexibility index (Phi) is 3.76. The van der Waals surface area contributed by atoms with Crippen LogP contribution in [0.1, 0.15) is 20.8 Å². The van der Waals surface area contributed by atoms with Crippen molar-refractivity contribution in [2.45, 2.75) is 32.7 Å². The number of nitrogens with zero attached hydrogens (tertiary/aromatic N) is 1. The highest BCUT2D eigenvalue weighted by Gasteiger charge is 2.19. The molecule has 1 aliphatic heterocycles. The van der Waals surface area contributed by atoms with Crippen LogP contribution in [0.5, 0.6) is 5.75 Å². The van der Waals surface area contributed by atoms with Crippen LogP contribution in [0.25, 0.3) is 0 Å². The second-order valence-corrected chi connectivity index (χ2v) is 5.26. The molecule has 1 aromatic rings. The van der Waals surface area contributed by atoms with Gasteiger partial charge in [0.25, 0.3) is 0 Å². The molecule has 2 rings (SSSR count). The second kappa shape index (κ2) is 5.14. The van der Waals surface area contributed by atoms with Crippen LogP contribution in [0.4, 0.5) is 10.1 Å². The first-order chi connectivity index (χ1) is 8.44. The van der Waals surface area contributed by atoms with Gasteiger partial charge >= 0.3 is 0 Å². The van der Waals surface area contributed by atoms with E-state index in [1.165, 1.54) is 13.8 Å². The Hall–Kier alpha value is -1.29. The lowest BCUT2D eigenvalue weighted by molar-refractivity contribution is -0.0256. The van der Waals surface area contributed by atoms with Gasteiger partial charge < -0.3 is 15.0 Å². The summed E-state index contributed by atoms with van der Waals surface area (Å²) in [5, 5.41) is 3.40. The van der Waals surface area contributed by atoms with Gasteiger partial charge in [0.2, 0.25) is 5.85 Å². The summed E-state index contributed by atoms with van der Waals surface area (Å²) >= 11 is 0. The minimum Gasteiger partial charge on any atom is -0.458 e. The van der Waals surface area contributed by atoms with Crippen LogP contribution in [0.3, 0.4) is 0 Å². The summed E-state index contributed by atoms with van der Waals surface area (Å²) in [6, 6.07) is 8.11. The van der Waals surface area contributed by atoms with Gasteiger partial charge in [-0.05, 0) is 19.1 Å². The Morgan fingerprint density at radius 2 is 2.22 bits per heavy atom. The minimum atomic E-state index is -1.64. The van der Waals surface area contributed by atoms with Crippen molar-refractivity contribution in [3.05, 3.63) is 24.3 Å². The smallest absolute Gasteiger partial charge is 0.242 e. The lowest BCUT2D eigenvalue weighted by Gasteiger charge is -2.34. The lowest BCUT2D eigenvalue weighted by atomic mass is 10.2. The van der Waals surface area contributed by atoms with Crippen molar-refractivity contribution >= 4 is 5.69 Å². The van der Waals surface area contributed by atoms with Gasteiger partial charge in [-0.15, -0.1) is 0 Å². The number of rotatable bonds is 3. The number of halogens is 1. The Morgan fingerprint density at radius 3 is 2.89 bits per heavy atom. The first-order valence-corrected chi connectivity index (χ1v) is 6.40. The van der Waals surface area contributed by atoms with Crippen LogP contribution in [-0.4, -0.2) is 31.5 Å². The number of nitrogens with one attached hydrogen (secondary N) is 1. The Bertz CT molecular complexity index is 403. The molecule has 0 saturated carbocycles. The van der Waals surface area contributed by atoms with E-state index in [4.69, 9.17) is 4.74 Å². The van der Waals surface area contributed by atoms with Crippen molar-refractivity contribution in [3.63, 3.8) is 0 Å². The molecular formula is C14H21FN2O. The number of hydrogen-bond acceptors (Lipinski definition) is 3. The Morgan fingerprint density at radius 1 is 1.44 bits per heavy atom. The van der Waals surface area contributed by atoms with Crippen molar-refractivity contribution in [3.8, 4) is 5.75 Å². The molecule has 18 heavy (non-hydrogen) atoms. The van der Waals surface area contributed by atoms with Crippen molar-refractivity contribution < 1.29 is 9.13 Å². The van der Waals surface area contributed by atoms with Crippen molar-refractivity contribution in [1.29, 1.82) is 0 Å². The van der Waals surface area contributed by atoms with Gasteiger partial charge in [-0.25, -0.2) is 0 Å². The average Bonchev–Trinajstić information content (AvgIpc) is 2.27. The summed E-state index contributed by atoms with van der Waals surface area (Å²) in [5.74, 6) is -1.07. The highest BCUT2D eigenvalue weighted by Crippen LogP contribution is 2.25. The lowest BCUT2D eigenvalue weighted by Crippen LogP contribution is -2.49. The molecular weight excluding hydrogens is 231 g/mol. The molecule has 1 atom stereocenters. The fraction of sp³-hybridized carbons (Fsp3) is 0.571. The van der Waals surface area contributed by atoms with E-state index in [0.717, 1.165) is 25.3 Å². The fourth-order valence-corrected chi connectivity index (χ4v) is 2.19. The van der Waals surface area contributed by atoms with E-state index in [0.29, 0.717) is 11.8 Å². The molecule has 1 unspecified atom stereocenters. The second-order valence-electron chi connectivity index (χ2n) is 5.26. The molecule has 1 heterocycles. The average molecular weight is 252 g/mol. The van der Waals surface area contributed by atoms with E-state index >= 15 is 0 Å². The maximum atomic E-state index is 13.5. The zero-order valence-corrected chi connectivity index (χ0v) is 11.2.